The molecule has 6 aliphatic rings. The van der Waals surface area contributed by atoms with Crippen LogP contribution in [-0.2, 0) is 28.5 Å². The number of aromatic nitrogens is 1. The van der Waals surface area contributed by atoms with Crippen molar-refractivity contribution in [3.05, 3.63) is 46.6 Å². The second-order valence-electron chi connectivity index (χ2n) is 16.9. The van der Waals surface area contributed by atoms with Crippen molar-refractivity contribution < 1.29 is 59.2 Å². The van der Waals surface area contributed by atoms with Gasteiger partial charge < -0.3 is 54.6 Å². The maximum absolute atomic E-state index is 13.2. The molecule has 13 heteroatoms. The minimum Gasteiger partial charge on any atom is -0.658 e. The number of ether oxygens (including phenoxy) is 4. The third-order valence-corrected chi connectivity index (χ3v) is 14.1. The van der Waals surface area contributed by atoms with Crippen LogP contribution in [0, 0.1) is 23.2 Å². The zero-order valence-electron chi connectivity index (χ0n) is 32.1. The zero-order valence-corrected chi connectivity index (χ0v) is 32.1. The summed E-state index contributed by atoms with van der Waals surface area (Å²) >= 11 is 0. The number of hydrogen-bond acceptors (Lipinski definition) is 11. The predicted octanol–water partition coefficient (Wildman–Crippen LogP) is 2.05. The van der Waals surface area contributed by atoms with E-state index in [4.69, 9.17) is 23.9 Å². The molecule has 2 bridgehead atoms. The molecule has 2 aliphatic heterocycles. The van der Waals surface area contributed by atoms with E-state index in [0.29, 0.717) is 41.9 Å². The highest BCUT2D eigenvalue weighted by atomic mass is 16.7. The molecule has 3 heterocycles. The highest BCUT2D eigenvalue weighted by Crippen LogP contribution is 2.60. The molecule has 6 N–H and O–H groups in total. The standard InChI is InChI=1S/C42H58NO12/c1-4-26-27(20-34(47)48)29(37(49)52-3)21-39(15-8-9-16-39)36(26)55-41(23-46)40(51)17-14-30-28-19-31(24(2)25-11-6-5-7-12-25)43-35(28)32(13-10-18-44)53-42(30,38(40)50)33(22-45)54-41/h4,19,21,24-27,33,36,38,44-46,50-51H,1,5-18,20,22-23H2,2-3H3,(H,47,48)/q-1/t24-,26-,27+,33-,36+,38-,40-,41+,42-/m1/s1. The average molecular weight is 769 g/mol. The monoisotopic (exact) mass is 768 g/mol. The summed E-state index contributed by atoms with van der Waals surface area (Å²) in [5, 5.41) is 69.3. The van der Waals surface area contributed by atoms with Crippen molar-refractivity contribution in [2.24, 2.45) is 23.2 Å². The Morgan fingerprint density at radius 2 is 1.84 bits per heavy atom. The van der Waals surface area contributed by atoms with Crippen LogP contribution in [0.1, 0.15) is 108 Å². The van der Waals surface area contributed by atoms with Crippen molar-refractivity contribution in [1.82, 2.24) is 4.98 Å². The van der Waals surface area contributed by atoms with Crippen molar-refractivity contribution in [2.45, 2.75) is 138 Å². The van der Waals surface area contributed by atoms with Gasteiger partial charge in [-0.3, -0.25) is 4.79 Å². The highest BCUT2D eigenvalue weighted by Gasteiger charge is 2.75. The minimum absolute atomic E-state index is 0.113. The van der Waals surface area contributed by atoms with Gasteiger partial charge in [0.1, 0.15) is 18.8 Å². The van der Waals surface area contributed by atoms with Gasteiger partial charge >= 0.3 is 11.9 Å². The molecule has 0 unspecified atom stereocenters. The van der Waals surface area contributed by atoms with E-state index in [1.54, 1.807) is 12.2 Å². The molecular formula is C42H58NO12-. The number of aliphatic hydroxyl groups excluding tert-OH is 4. The van der Waals surface area contributed by atoms with Crippen LogP contribution in [0.4, 0.5) is 0 Å². The first-order chi connectivity index (χ1) is 26.4. The molecule has 1 saturated heterocycles. The predicted molar refractivity (Wildman–Crippen MR) is 198 cm³/mol. The number of fused-ring (bicyclic) bond motifs is 2. The van der Waals surface area contributed by atoms with Gasteiger partial charge in [-0.05, 0) is 67.6 Å². The Bertz CT molecular complexity index is 1790. The van der Waals surface area contributed by atoms with Crippen LogP contribution >= 0.6 is 0 Å². The molecule has 304 valence electrons. The van der Waals surface area contributed by atoms with Gasteiger partial charge in [0.15, 0.2) is 11.2 Å². The molecule has 4 fully saturated rings. The Hall–Kier alpha value is -3.04. The number of carboxylic acid groups (broad SMARTS) is 1. The van der Waals surface area contributed by atoms with E-state index in [1.165, 1.54) is 26.4 Å². The lowest BCUT2D eigenvalue weighted by Crippen LogP contribution is -2.83. The fourth-order valence-electron chi connectivity index (χ4n) is 11.3. The van der Waals surface area contributed by atoms with E-state index < -0.39 is 84.1 Å². The van der Waals surface area contributed by atoms with Gasteiger partial charge in [0, 0.05) is 35.9 Å². The summed E-state index contributed by atoms with van der Waals surface area (Å²) in [7, 11) is 1.24. The Kier molecular flexibility index (Phi) is 11.2. The lowest BCUT2D eigenvalue weighted by atomic mass is 9.60. The van der Waals surface area contributed by atoms with E-state index in [2.05, 4.69) is 19.6 Å². The second kappa shape index (κ2) is 15.4. The Morgan fingerprint density at radius 3 is 2.45 bits per heavy atom. The Labute approximate surface area is 321 Å². The van der Waals surface area contributed by atoms with Crippen LogP contribution in [0.2, 0.25) is 0 Å². The summed E-state index contributed by atoms with van der Waals surface area (Å²) in [5.74, 6) is -4.76. The molecule has 4 aliphatic carbocycles. The number of carbonyl (C=O) groups excluding carboxylic acids is 1. The van der Waals surface area contributed by atoms with Crippen LogP contribution in [0.25, 0.3) is 11.3 Å². The lowest BCUT2D eigenvalue weighted by Gasteiger charge is -2.65. The number of carbonyl (C=O) groups is 2. The van der Waals surface area contributed by atoms with E-state index in [9.17, 15) is 40.2 Å². The normalized spacial score (nSPS) is 36.1. The summed E-state index contributed by atoms with van der Waals surface area (Å²) in [6, 6.07) is 2.05. The number of methoxy groups -OCH3 is 1. The van der Waals surface area contributed by atoms with Gasteiger partial charge in [0.2, 0.25) is 5.79 Å². The molecule has 3 saturated carbocycles. The molecule has 1 aromatic rings. The summed E-state index contributed by atoms with van der Waals surface area (Å²) in [4.78, 5) is 30.5. The number of aliphatic carboxylic acids is 1. The first kappa shape index (κ1) is 40.2. The molecule has 1 aromatic heterocycles. The van der Waals surface area contributed by atoms with Gasteiger partial charge in [0.25, 0.3) is 0 Å². The van der Waals surface area contributed by atoms with Gasteiger partial charge in [0.05, 0.1) is 32.0 Å². The number of hydrogen-bond donors (Lipinski definition) is 6. The van der Waals surface area contributed by atoms with Crippen LogP contribution in [0.3, 0.4) is 0 Å². The molecule has 0 radical (unpaired) electrons. The fraction of sp³-hybridized carbons (Fsp3) is 0.714. The van der Waals surface area contributed by atoms with Crippen LogP contribution in [0.5, 0.6) is 0 Å². The van der Waals surface area contributed by atoms with E-state index in [1.807, 2.05) is 0 Å². The van der Waals surface area contributed by atoms with Gasteiger partial charge in [-0.15, -0.1) is 6.58 Å². The molecule has 9 atom stereocenters. The largest absolute Gasteiger partial charge is 0.658 e. The van der Waals surface area contributed by atoms with Crippen molar-refractivity contribution in [3.63, 3.8) is 0 Å². The van der Waals surface area contributed by atoms with E-state index >= 15 is 0 Å². The average Bonchev–Trinajstić information content (AvgIpc) is 3.86. The maximum Gasteiger partial charge on any atom is 0.333 e. The Morgan fingerprint density at radius 1 is 1.11 bits per heavy atom. The number of aliphatic hydroxyl groups is 5. The van der Waals surface area contributed by atoms with Crippen molar-refractivity contribution >= 4 is 23.3 Å². The maximum atomic E-state index is 13.2. The lowest BCUT2D eigenvalue weighted by molar-refractivity contribution is -0.439. The molecule has 2 spiro atoms. The fourth-order valence-corrected chi connectivity index (χ4v) is 11.3. The van der Waals surface area contributed by atoms with Gasteiger partial charge in [-0.2, -0.15) is 5.69 Å². The van der Waals surface area contributed by atoms with Crippen LogP contribution in [-0.4, -0.2) is 105 Å². The summed E-state index contributed by atoms with van der Waals surface area (Å²) < 4.78 is 25.5. The van der Waals surface area contributed by atoms with Crippen molar-refractivity contribution in [2.75, 3.05) is 26.9 Å². The minimum atomic E-state index is -2.32. The van der Waals surface area contributed by atoms with E-state index in [-0.39, 0.29) is 37.4 Å². The van der Waals surface area contributed by atoms with Crippen molar-refractivity contribution in [3.8, 4) is 0 Å². The van der Waals surface area contributed by atoms with Crippen LogP contribution < -0.4 is 15.6 Å². The third-order valence-electron chi connectivity index (χ3n) is 14.1. The van der Waals surface area contributed by atoms with Crippen molar-refractivity contribution in [1.29, 1.82) is 0 Å². The zero-order chi connectivity index (χ0) is 39.3. The third kappa shape index (κ3) is 6.24. The summed E-state index contributed by atoms with van der Waals surface area (Å²) in [6.45, 7) is 4.50. The Balaban J connectivity index is 1.34. The molecule has 55 heavy (non-hydrogen) atoms. The summed E-state index contributed by atoms with van der Waals surface area (Å²) in [5.41, 5.74) is -3.18. The first-order valence-electron chi connectivity index (χ1n) is 20.2. The molecule has 0 aromatic carbocycles. The number of nitrogens with zero attached hydrogens (tertiary/aromatic N) is 1. The smallest absolute Gasteiger partial charge is 0.333 e. The van der Waals surface area contributed by atoms with E-state index in [0.717, 1.165) is 36.6 Å². The molecule has 7 rings (SSSR count). The molecule has 0 amide bonds. The topological polar surface area (TPSA) is 207 Å². The number of esters is 1. The second-order valence-corrected chi connectivity index (χ2v) is 16.9. The quantitative estimate of drug-likeness (QED) is 0.126. The molecule has 13 nitrogen and oxygen atoms in total. The number of carboxylic acids is 1. The highest BCUT2D eigenvalue weighted by molar-refractivity contribution is 5.90. The van der Waals surface area contributed by atoms with Gasteiger partial charge in [-0.1, -0.05) is 62.6 Å². The molecular weight excluding hydrogens is 710 g/mol. The van der Waals surface area contributed by atoms with Gasteiger partial charge in [-0.25, -0.2) is 4.79 Å². The number of rotatable bonds is 13. The van der Waals surface area contributed by atoms with Crippen LogP contribution in [0.15, 0.2) is 30.4 Å². The first-order valence-corrected chi connectivity index (χ1v) is 20.2. The SMILES string of the molecule is C=C[C@@H]1[C@H](CC(=O)O)C(C(=O)OC)=CC2(CCCC2)[C@H]1O[C@]1(CO)O[C@H](CO)[C@]23OC(CCCO)=c4[n-]c([C@H](C)C5CCCCC5)cc4=C2CC[C@@]1(O)[C@H]3O. The summed E-state index contributed by atoms with van der Waals surface area (Å²) in [6.07, 6.45) is 7.96.